The number of amides is 2. The molecule has 0 unspecified atom stereocenters. The predicted octanol–water partition coefficient (Wildman–Crippen LogP) is 3.32. The fraction of sp³-hybridized carbons (Fsp3) is 0.348. The summed E-state index contributed by atoms with van der Waals surface area (Å²) in [6, 6.07) is 11.3. The van der Waals surface area contributed by atoms with Gasteiger partial charge in [-0.05, 0) is 62.4 Å². The second kappa shape index (κ2) is 9.03. The predicted molar refractivity (Wildman–Crippen MR) is 123 cm³/mol. The number of carbonyl (C=O) groups is 2. The lowest BCUT2D eigenvalue weighted by atomic mass is 10.1. The number of nitrogens with one attached hydrogen (secondary N) is 1. The van der Waals surface area contributed by atoms with Crippen LogP contribution in [0, 0.1) is 13.8 Å². The van der Waals surface area contributed by atoms with Gasteiger partial charge in [0.2, 0.25) is 0 Å². The van der Waals surface area contributed by atoms with Gasteiger partial charge in [0.05, 0.1) is 10.2 Å². The minimum Gasteiger partial charge on any atom is -0.484 e. The second-order valence-electron chi connectivity index (χ2n) is 7.96. The van der Waals surface area contributed by atoms with E-state index in [4.69, 9.17) is 4.74 Å². The van der Waals surface area contributed by atoms with Crippen molar-refractivity contribution in [1.82, 2.24) is 14.8 Å². The van der Waals surface area contributed by atoms with Gasteiger partial charge >= 0.3 is 0 Å². The molecule has 0 aliphatic carbocycles. The third kappa shape index (κ3) is 5.21. The molecule has 0 saturated carbocycles. The second-order valence-corrected chi connectivity index (χ2v) is 8.99. The van der Waals surface area contributed by atoms with Crippen LogP contribution in [0.5, 0.6) is 5.75 Å². The van der Waals surface area contributed by atoms with E-state index in [1.807, 2.05) is 43.0 Å². The van der Waals surface area contributed by atoms with E-state index in [0.29, 0.717) is 16.4 Å². The Morgan fingerprint density at radius 3 is 2.48 bits per heavy atom. The molecule has 31 heavy (non-hydrogen) atoms. The number of benzene rings is 2. The van der Waals surface area contributed by atoms with Gasteiger partial charge in [-0.25, -0.2) is 4.98 Å². The first-order valence-corrected chi connectivity index (χ1v) is 11.1. The van der Waals surface area contributed by atoms with Crippen molar-refractivity contribution in [2.75, 3.05) is 45.2 Å². The third-order valence-electron chi connectivity index (χ3n) is 5.24. The molecule has 0 radical (unpaired) electrons. The number of rotatable bonds is 5. The van der Waals surface area contributed by atoms with E-state index in [1.165, 1.54) is 11.3 Å². The minimum atomic E-state index is -0.271. The molecule has 1 aliphatic heterocycles. The first-order chi connectivity index (χ1) is 14.9. The molecule has 1 fully saturated rings. The molecule has 0 spiro atoms. The van der Waals surface area contributed by atoms with Crippen LogP contribution in [0.1, 0.15) is 21.5 Å². The number of hydrogen-bond acceptors (Lipinski definition) is 6. The first kappa shape index (κ1) is 21.3. The van der Waals surface area contributed by atoms with Crippen molar-refractivity contribution in [2.45, 2.75) is 13.8 Å². The van der Waals surface area contributed by atoms with E-state index in [0.717, 1.165) is 47.5 Å². The number of thiazole rings is 1. The molecule has 1 aliphatic rings. The summed E-state index contributed by atoms with van der Waals surface area (Å²) in [4.78, 5) is 33.7. The van der Waals surface area contributed by atoms with Crippen molar-refractivity contribution in [3.05, 3.63) is 53.1 Å². The highest BCUT2D eigenvalue weighted by molar-refractivity contribution is 7.22. The number of ether oxygens (including phenoxy) is 1. The Hall–Kier alpha value is -2.97. The summed E-state index contributed by atoms with van der Waals surface area (Å²) in [6.07, 6.45) is 0. The normalized spacial score (nSPS) is 14.6. The SMILES string of the molecule is Cc1cc(C)cc(OCC(=O)Nc2nc3ccc(C(=O)N4CCN(C)CC4)cc3s2)c1. The van der Waals surface area contributed by atoms with Crippen molar-refractivity contribution in [3.63, 3.8) is 0 Å². The Kier molecular flexibility index (Phi) is 6.20. The van der Waals surface area contributed by atoms with Crippen LogP contribution in [-0.2, 0) is 4.79 Å². The molecule has 1 N–H and O–H groups in total. The van der Waals surface area contributed by atoms with Gasteiger partial charge in [0.25, 0.3) is 11.8 Å². The van der Waals surface area contributed by atoms with Crippen molar-refractivity contribution >= 4 is 38.5 Å². The van der Waals surface area contributed by atoms with Crippen LogP contribution in [0.4, 0.5) is 5.13 Å². The van der Waals surface area contributed by atoms with Crippen LogP contribution >= 0.6 is 11.3 Å². The number of likely N-dealkylation sites (N-methyl/N-ethyl adjacent to an activating group) is 1. The number of aryl methyl sites for hydroxylation is 2. The van der Waals surface area contributed by atoms with Crippen LogP contribution in [0.15, 0.2) is 36.4 Å². The molecule has 2 heterocycles. The molecular formula is C23H26N4O3S. The van der Waals surface area contributed by atoms with Crippen molar-refractivity contribution < 1.29 is 14.3 Å². The minimum absolute atomic E-state index is 0.0378. The maximum Gasteiger partial charge on any atom is 0.264 e. The summed E-state index contributed by atoms with van der Waals surface area (Å²) in [5.41, 5.74) is 3.58. The van der Waals surface area contributed by atoms with Gasteiger partial charge in [-0.3, -0.25) is 14.9 Å². The maximum absolute atomic E-state index is 12.8. The molecule has 1 saturated heterocycles. The molecule has 8 heteroatoms. The van der Waals surface area contributed by atoms with Crippen molar-refractivity contribution in [1.29, 1.82) is 0 Å². The third-order valence-corrected chi connectivity index (χ3v) is 6.17. The Bertz CT molecular complexity index is 1100. The number of nitrogens with zero attached hydrogens (tertiary/aromatic N) is 3. The summed E-state index contributed by atoms with van der Waals surface area (Å²) < 4.78 is 6.48. The Balaban J connectivity index is 1.39. The Morgan fingerprint density at radius 1 is 1.06 bits per heavy atom. The standard InChI is InChI=1S/C23H26N4O3S/c1-15-10-16(2)12-18(11-15)30-14-21(28)25-23-24-19-5-4-17(13-20(19)31-23)22(29)27-8-6-26(3)7-9-27/h4-5,10-13H,6-9,14H2,1-3H3,(H,24,25,28). The smallest absolute Gasteiger partial charge is 0.264 e. The molecule has 7 nitrogen and oxygen atoms in total. The van der Waals surface area contributed by atoms with Crippen LogP contribution < -0.4 is 10.1 Å². The lowest BCUT2D eigenvalue weighted by Gasteiger charge is -2.32. The quantitative estimate of drug-likeness (QED) is 0.662. The van der Waals surface area contributed by atoms with Gasteiger partial charge in [-0.2, -0.15) is 0 Å². The van der Waals surface area contributed by atoms with Gasteiger partial charge in [0, 0.05) is 31.7 Å². The summed E-state index contributed by atoms with van der Waals surface area (Å²) in [6.45, 7) is 7.12. The highest BCUT2D eigenvalue weighted by Crippen LogP contribution is 2.27. The number of anilines is 1. The largest absolute Gasteiger partial charge is 0.484 e. The average Bonchev–Trinajstić information content (AvgIpc) is 3.13. The lowest BCUT2D eigenvalue weighted by Crippen LogP contribution is -2.47. The summed E-state index contributed by atoms with van der Waals surface area (Å²) in [5, 5.41) is 3.28. The van der Waals surface area contributed by atoms with Gasteiger partial charge in [0.1, 0.15) is 5.75 Å². The highest BCUT2D eigenvalue weighted by atomic mass is 32.1. The van der Waals surface area contributed by atoms with Gasteiger partial charge in [-0.1, -0.05) is 17.4 Å². The maximum atomic E-state index is 12.8. The van der Waals surface area contributed by atoms with Gasteiger partial charge < -0.3 is 14.5 Å². The summed E-state index contributed by atoms with van der Waals surface area (Å²) >= 11 is 1.35. The molecule has 0 bridgehead atoms. The van der Waals surface area contributed by atoms with E-state index in [9.17, 15) is 9.59 Å². The average molecular weight is 439 g/mol. The zero-order chi connectivity index (χ0) is 22.0. The van der Waals surface area contributed by atoms with Crippen molar-refractivity contribution in [2.24, 2.45) is 0 Å². The first-order valence-electron chi connectivity index (χ1n) is 10.3. The van der Waals surface area contributed by atoms with E-state index >= 15 is 0 Å². The number of aromatic nitrogens is 1. The zero-order valence-electron chi connectivity index (χ0n) is 18.0. The molecule has 162 valence electrons. The summed E-state index contributed by atoms with van der Waals surface area (Å²) in [5.74, 6) is 0.437. The van der Waals surface area contributed by atoms with Crippen LogP contribution in [0.2, 0.25) is 0 Å². The molecule has 2 amide bonds. The summed E-state index contributed by atoms with van der Waals surface area (Å²) in [7, 11) is 2.06. The molecule has 2 aromatic carbocycles. The molecule has 4 rings (SSSR count). The fourth-order valence-corrected chi connectivity index (χ4v) is 4.55. The van der Waals surface area contributed by atoms with E-state index in [-0.39, 0.29) is 18.4 Å². The highest BCUT2D eigenvalue weighted by Gasteiger charge is 2.21. The van der Waals surface area contributed by atoms with E-state index in [2.05, 4.69) is 28.3 Å². The van der Waals surface area contributed by atoms with Crippen LogP contribution in [-0.4, -0.2) is 66.4 Å². The van der Waals surface area contributed by atoms with Crippen LogP contribution in [0.3, 0.4) is 0 Å². The molecular weight excluding hydrogens is 412 g/mol. The monoisotopic (exact) mass is 438 g/mol. The number of carbonyl (C=O) groups excluding carboxylic acids is 2. The Morgan fingerprint density at radius 2 is 1.77 bits per heavy atom. The number of piperazine rings is 1. The van der Waals surface area contributed by atoms with Crippen molar-refractivity contribution in [3.8, 4) is 5.75 Å². The number of hydrogen-bond donors (Lipinski definition) is 1. The molecule has 1 aromatic heterocycles. The van der Waals surface area contributed by atoms with E-state index in [1.54, 1.807) is 6.07 Å². The van der Waals surface area contributed by atoms with E-state index < -0.39 is 0 Å². The fourth-order valence-electron chi connectivity index (χ4n) is 3.62. The van der Waals surface area contributed by atoms with Gasteiger partial charge in [0.15, 0.2) is 11.7 Å². The topological polar surface area (TPSA) is 74.8 Å². The Labute approximate surface area is 185 Å². The van der Waals surface area contributed by atoms with Gasteiger partial charge in [-0.15, -0.1) is 0 Å². The molecule has 3 aromatic rings. The molecule has 0 atom stereocenters. The number of fused-ring (bicyclic) bond motifs is 1. The lowest BCUT2D eigenvalue weighted by molar-refractivity contribution is -0.118. The van der Waals surface area contributed by atoms with Crippen LogP contribution in [0.25, 0.3) is 10.2 Å². The zero-order valence-corrected chi connectivity index (χ0v) is 18.8.